The Balaban J connectivity index is 2.51. The zero-order chi connectivity index (χ0) is 14.2. The number of aryl methyl sites for hydroxylation is 1. The molecule has 2 rings (SSSR count). The van der Waals surface area contributed by atoms with Crippen LogP contribution in [0.3, 0.4) is 0 Å². The number of nitrogens with one attached hydrogen (secondary N) is 1. The van der Waals surface area contributed by atoms with Crippen LogP contribution < -0.4 is 5.32 Å². The summed E-state index contributed by atoms with van der Waals surface area (Å²) in [6, 6.07) is 2.61. The van der Waals surface area contributed by atoms with Gasteiger partial charge in [0.05, 0.1) is 11.2 Å². The van der Waals surface area contributed by atoms with Gasteiger partial charge in [-0.3, -0.25) is 4.79 Å². The highest BCUT2D eigenvalue weighted by Gasteiger charge is 2.22. The van der Waals surface area contributed by atoms with Gasteiger partial charge < -0.3 is 5.32 Å². The minimum atomic E-state index is -0.551. The molecule has 0 atom stereocenters. The van der Waals surface area contributed by atoms with Crippen molar-refractivity contribution < 1.29 is 9.18 Å². The number of anilines is 1. The van der Waals surface area contributed by atoms with Crippen molar-refractivity contribution in [1.29, 1.82) is 0 Å². The van der Waals surface area contributed by atoms with Gasteiger partial charge in [0, 0.05) is 23.1 Å². The van der Waals surface area contributed by atoms with Crippen LogP contribution in [0, 0.1) is 18.2 Å². The molecule has 4 nitrogen and oxygen atoms in total. The number of benzene rings is 1. The Labute approximate surface area is 111 Å². The Morgan fingerprint density at radius 1 is 1.32 bits per heavy atom. The van der Waals surface area contributed by atoms with Crippen LogP contribution in [0.25, 0.3) is 10.9 Å². The number of hydrogen-bond donors (Lipinski definition) is 1. The Hall–Kier alpha value is -2.04. The standard InChI is InChI=1S/C14H16FN3O/c1-8-16-7-10-11(17-8)5-9(15)6-12(10)18-13(19)14(2,3)4/h5-7H,1-4H3,(H,18,19). The van der Waals surface area contributed by atoms with E-state index in [1.807, 2.05) is 0 Å². The predicted octanol–water partition coefficient (Wildman–Crippen LogP) is 3.06. The normalized spacial score (nSPS) is 11.6. The number of carbonyl (C=O) groups is 1. The molecule has 0 aliphatic rings. The molecule has 0 saturated carbocycles. The van der Waals surface area contributed by atoms with Crippen LogP contribution >= 0.6 is 0 Å². The molecule has 1 aromatic carbocycles. The first-order valence-corrected chi connectivity index (χ1v) is 6.02. The number of aromatic nitrogens is 2. The first kappa shape index (κ1) is 13.4. The molecule has 5 heteroatoms. The average molecular weight is 261 g/mol. The van der Waals surface area contributed by atoms with Crippen LogP contribution in [0.15, 0.2) is 18.3 Å². The lowest BCUT2D eigenvalue weighted by Crippen LogP contribution is -2.27. The van der Waals surface area contributed by atoms with Gasteiger partial charge in [0.15, 0.2) is 0 Å². The maximum absolute atomic E-state index is 13.6. The minimum Gasteiger partial charge on any atom is -0.325 e. The Morgan fingerprint density at radius 3 is 2.63 bits per heavy atom. The van der Waals surface area contributed by atoms with E-state index in [0.29, 0.717) is 22.4 Å². The van der Waals surface area contributed by atoms with Gasteiger partial charge in [-0.1, -0.05) is 20.8 Å². The Kier molecular flexibility index (Phi) is 3.22. The molecule has 100 valence electrons. The molecule has 0 bridgehead atoms. The highest BCUT2D eigenvalue weighted by molar-refractivity contribution is 6.02. The van der Waals surface area contributed by atoms with Crippen molar-refractivity contribution in [2.24, 2.45) is 5.41 Å². The molecule has 0 unspecified atom stereocenters. The van der Waals surface area contributed by atoms with Gasteiger partial charge in [0.2, 0.25) is 5.91 Å². The molecular formula is C14H16FN3O. The molecule has 0 saturated heterocycles. The van der Waals surface area contributed by atoms with E-state index in [9.17, 15) is 9.18 Å². The number of carbonyl (C=O) groups excluding carboxylic acids is 1. The number of fused-ring (bicyclic) bond motifs is 1. The van der Waals surface area contributed by atoms with Crippen LogP contribution in [0.5, 0.6) is 0 Å². The summed E-state index contributed by atoms with van der Waals surface area (Å²) in [6.45, 7) is 7.12. The number of halogens is 1. The van der Waals surface area contributed by atoms with Crippen LogP contribution in [0.2, 0.25) is 0 Å². The van der Waals surface area contributed by atoms with Gasteiger partial charge in [-0.2, -0.15) is 0 Å². The monoisotopic (exact) mass is 261 g/mol. The number of rotatable bonds is 1. The fraction of sp³-hybridized carbons (Fsp3) is 0.357. The zero-order valence-electron chi connectivity index (χ0n) is 11.4. The predicted molar refractivity (Wildman–Crippen MR) is 72.3 cm³/mol. The van der Waals surface area contributed by atoms with Crippen LogP contribution in [-0.2, 0) is 4.79 Å². The lowest BCUT2D eigenvalue weighted by atomic mass is 9.95. The van der Waals surface area contributed by atoms with E-state index in [-0.39, 0.29) is 5.91 Å². The first-order chi connectivity index (χ1) is 8.77. The second kappa shape index (κ2) is 4.57. The van der Waals surface area contributed by atoms with Gasteiger partial charge in [-0.15, -0.1) is 0 Å². The molecule has 2 aromatic rings. The van der Waals surface area contributed by atoms with Crippen molar-refractivity contribution in [2.75, 3.05) is 5.32 Å². The molecule has 1 N–H and O–H groups in total. The van der Waals surface area contributed by atoms with Crippen LogP contribution in [-0.4, -0.2) is 15.9 Å². The summed E-state index contributed by atoms with van der Waals surface area (Å²) in [7, 11) is 0. The van der Waals surface area contributed by atoms with Crippen molar-refractivity contribution >= 4 is 22.5 Å². The largest absolute Gasteiger partial charge is 0.325 e. The molecule has 1 aromatic heterocycles. The zero-order valence-corrected chi connectivity index (χ0v) is 11.4. The molecule has 0 spiro atoms. The molecule has 19 heavy (non-hydrogen) atoms. The van der Waals surface area contributed by atoms with E-state index in [0.717, 1.165) is 0 Å². The van der Waals surface area contributed by atoms with E-state index in [1.54, 1.807) is 33.9 Å². The highest BCUT2D eigenvalue weighted by Crippen LogP contribution is 2.25. The van der Waals surface area contributed by atoms with E-state index >= 15 is 0 Å². The van der Waals surface area contributed by atoms with Gasteiger partial charge in [-0.25, -0.2) is 14.4 Å². The summed E-state index contributed by atoms with van der Waals surface area (Å²) < 4.78 is 13.6. The second-order valence-electron chi connectivity index (χ2n) is 5.51. The van der Waals surface area contributed by atoms with Gasteiger partial charge in [-0.05, 0) is 13.0 Å². The third-order valence-electron chi connectivity index (χ3n) is 2.72. The maximum atomic E-state index is 13.6. The van der Waals surface area contributed by atoms with Crippen molar-refractivity contribution in [2.45, 2.75) is 27.7 Å². The summed E-state index contributed by atoms with van der Waals surface area (Å²) in [5.74, 6) is -0.0546. The number of hydrogen-bond acceptors (Lipinski definition) is 3. The van der Waals surface area contributed by atoms with E-state index in [4.69, 9.17) is 0 Å². The van der Waals surface area contributed by atoms with E-state index in [1.165, 1.54) is 12.1 Å². The van der Waals surface area contributed by atoms with Crippen molar-refractivity contribution in [1.82, 2.24) is 9.97 Å². The molecule has 0 fully saturated rings. The van der Waals surface area contributed by atoms with Crippen molar-refractivity contribution in [3.63, 3.8) is 0 Å². The topological polar surface area (TPSA) is 54.9 Å². The van der Waals surface area contributed by atoms with Gasteiger partial charge >= 0.3 is 0 Å². The SMILES string of the molecule is Cc1ncc2c(NC(=O)C(C)(C)C)cc(F)cc2n1. The first-order valence-electron chi connectivity index (χ1n) is 6.02. The number of nitrogens with zero attached hydrogens (tertiary/aromatic N) is 2. The minimum absolute atomic E-state index is 0.181. The second-order valence-corrected chi connectivity index (χ2v) is 5.51. The third-order valence-corrected chi connectivity index (χ3v) is 2.72. The molecule has 0 aliphatic heterocycles. The smallest absolute Gasteiger partial charge is 0.229 e. The fourth-order valence-corrected chi connectivity index (χ4v) is 1.61. The molecular weight excluding hydrogens is 245 g/mol. The quantitative estimate of drug-likeness (QED) is 0.858. The Bertz CT molecular complexity index is 642. The summed E-state index contributed by atoms with van der Waals surface area (Å²) in [5, 5.41) is 3.36. The van der Waals surface area contributed by atoms with E-state index < -0.39 is 11.2 Å². The van der Waals surface area contributed by atoms with E-state index in [2.05, 4.69) is 15.3 Å². The fourth-order valence-electron chi connectivity index (χ4n) is 1.61. The van der Waals surface area contributed by atoms with Gasteiger partial charge in [0.1, 0.15) is 11.6 Å². The molecule has 0 aliphatic carbocycles. The summed E-state index contributed by atoms with van der Waals surface area (Å²) in [5.41, 5.74) is 0.330. The van der Waals surface area contributed by atoms with Gasteiger partial charge in [0.25, 0.3) is 0 Å². The molecule has 0 radical (unpaired) electrons. The molecule has 1 amide bonds. The molecule has 1 heterocycles. The summed E-state index contributed by atoms with van der Waals surface area (Å²) in [6.07, 6.45) is 1.59. The lowest BCUT2D eigenvalue weighted by Gasteiger charge is -2.18. The Morgan fingerprint density at radius 2 is 2.00 bits per heavy atom. The van der Waals surface area contributed by atoms with Crippen LogP contribution in [0.1, 0.15) is 26.6 Å². The highest BCUT2D eigenvalue weighted by atomic mass is 19.1. The van der Waals surface area contributed by atoms with Crippen molar-refractivity contribution in [3.05, 3.63) is 30.0 Å². The summed E-state index contributed by atoms with van der Waals surface area (Å²) in [4.78, 5) is 20.2. The maximum Gasteiger partial charge on any atom is 0.229 e. The van der Waals surface area contributed by atoms with Crippen molar-refractivity contribution in [3.8, 4) is 0 Å². The third kappa shape index (κ3) is 2.86. The summed E-state index contributed by atoms with van der Waals surface area (Å²) >= 11 is 0. The number of amides is 1. The lowest BCUT2D eigenvalue weighted by molar-refractivity contribution is -0.123. The average Bonchev–Trinajstić information content (AvgIpc) is 2.26. The van der Waals surface area contributed by atoms with Crippen LogP contribution in [0.4, 0.5) is 10.1 Å².